The van der Waals surface area contributed by atoms with Crippen LogP contribution in [0.15, 0.2) is 46.9 Å². The van der Waals surface area contributed by atoms with Crippen LogP contribution < -0.4 is 5.32 Å². The van der Waals surface area contributed by atoms with E-state index in [1.165, 1.54) is 11.1 Å². The molecule has 0 unspecified atom stereocenters. The molecule has 0 spiro atoms. The standard InChI is InChI=1S/C16H16N2O/c1-11-4-3-5-13(8-11)10-17-14-6-7-16-15(9-14)18-12(2)19-16/h3-9,17H,10H2,1-2H3. The van der Waals surface area contributed by atoms with Crippen LogP contribution in [0.25, 0.3) is 11.1 Å². The summed E-state index contributed by atoms with van der Waals surface area (Å²) in [6.07, 6.45) is 0. The number of nitrogens with one attached hydrogen (secondary N) is 1. The molecule has 96 valence electrons. The zero-order valence-corrected chi connectivity index (χ0v) is 11.1. The van der Waals surface area contributed by atoms with Crippen LogP contribution >= 0.6 is 0 Å². The fourth-order valence-corrected chi connectivity index (χ4v) is 2.18. The van der Waals surface area contributed by atoms with Gasteiger partial charge < -0.3 is 9.73 Å². The molecule has 0 fully saturated rings. The number of fused-ring (bicyclic) bond motifs is 1. The third-order valence-electron chi connectivity index (χ3n) is 3.07. The van der Waals surface area contributed by atoms with Gasteiger partial charge in [-0.1, -0.05) is 29.8 Å². The summed E-state index contributed by atoms with van der Waals surface area (Å²) in [5, 5.41) is 3.41. The monoisotopic (exact) mass is 252 g/mol. The van der Waals surface area contributed by atoms with Crippen molar-refractivity contribution in [2.24, 2.45) is 0 Å². The maximum Gasteiger partial charge on any atom is 0.192 e. The second-order valence-corrected chi connectivity index (χ2v) is 4.76. The van der Waals surface area contributed by atoms with Gasteiger partial charge in [0.25, 0.3) is 0 Å². The molecule has 0 atom stereocenters. The molecule has 0 amide bonds. The van der Waals surface area contributed by atoms with Crippen LogP contribution in [0.3, 0.4) is 0 Å². The van der Waals surface area contributed by atoms with Crippen molar-refractivity contribution >= 4 is 16.8 Å². The number of aromatic nitrogens is 1. The van der Waals surface area contributed by atoms with Gasteiger partial charge >= 0.3 is 0 Å². The lowest BCUT2D eigenvalue weighted by molar-refractivity contribution is 0.561. The first-order chi connectivity index (χ1) is 9.20. The van der Waals surface area contributed by atoms with E-state index in [-0.39, 0.29) is 0 Å². The van der Waals surface area contributed by atoms with Gasteiger partial charge in [-0.25, -0.2) is 4.98 Å². The van der Waals surface area contributed by atoms with E-state index >= 15 is 0 Å². The molecule has 19 heavy (non-hydrogen) atoms. The van der Waals surface area contributed by atoms with E-state index in [0.29, 0.717) is 5.89 Å². The molecule has 0 aliphatic heterocycles. The van der Waals surface area contributed by atoms with Crippen LogP contribution in [0.1, 0.15) is 17.0 Å². The highest BCUT2D eigenvalue weighted by molar-refractivity contribution is 5.77. The summed E-state index contributed by atoms with van der Waals surface area (Å²) < 4.78 is 5.46. The number of hydrogen-bond acceptors (Lipinski definition) is 3. The molecule has 3 heteroatoms. The number of oxazole rings is 1. The minimum absolute atomic E-state index is 0.700. The van der Waals surface area contributed by atoms with Gasteiger partial charge in [-0.3, -0.25) is 0 Å². The van der Waals surface area contributed by atoms with Gasteiger partial charge in [-0.05, 0) is 30.7 Å². The van der Waals surface area contributed by atoms with E-state index in [1.54, 1.807) is 0 Å². The first-order valence-electron chi connectivity index (χ1n) is 6.37. The summed E-state index contributed by atoms with van der Waals surface area (Å²) in [5.74, 6) is 0.700. The van der Waals surface area contributed by atoms with Crippen LogP contribution in [0.5, 0.6) is 0 Å². The van der Waals surface area contributed by atoms with Crippen LogP contribution in [-0.4, -0.2) is 4.98 Å². The second kappa shape index (κ2) is 4.76. The fraction of sp³-hybridized carbons (Fsp3) is 0.188. The Morgan fingerprint density at radius 1 is 1.11 bits per heavy atom. The average molecular weight is 252 g/mol. The van der Waals surface area contributed by atoms with Gasteiger partial charge in [0.2, 0.25) is 0 Å². The van der Waals surface area contributed by atoms with Crippen LogP contribution in [0.2, 0.25) is 0 Å². The highest BCUT2D eigenvalue weighted by Crippen LogP contribution is 2.20. The van der Waals surface area contributed by atoms with E-state index in [1.807, 2.05) is 25.1 Å². The zero-order chi connectivity index (χ0) is 13.2. The minimum atomic E-state index is 0.700. The quantitative estimate of drug-likeness (QED) is 0.764. The Morgan fingerprint density at radius 2 is 2.00 bits per heavy atom. The predicted molar refractivity (Wildman–Crippen MR) is 77.3 cm³/mol. The lowest BCUT2D eigenvalue weighted by atomic mass is 10.1. The average Bonchev–Trinajstić information content (AvgIpc) is 2.75. The molecule has 3 rings (SSSR count). The Labute approximate surface area is 112 Å². The molecule has 3 aromatic rings. The van der Waals surface area contributed by atoms with Crippen molar-refractivity contribution < 1.29 is 4.42 Å². The summed E-state index contributed by atoms with van der Waals surface area (Å²) in [5.41, 5.74) is 5.34. The van der Waals surface area contributed by atoms with Gasteiger partial charge in [0.1, 0.15) is 5.52 Å². The number of rotatable bonds is 3. The van der Waals surface area contributed by atoms with E-state index in [9.17, 15) is 0 Å². The van der Waals surface area contributed by atoms with Gasteiger partial charge in [-0.15, -0.1) is 0 Å². The molecular formula is C16H16N2O. The number of hydrogen-bond donors (Lipinski definition) is 1. The van der Waals surface area contributed by atoms with Crippen molar-refractivity contribution in [3.63, 3.8) is 0 Å². The third-order valence-corrected chi connectivity index (χ3v) is 3.07. The van der Waals surface area contributed by atoms with E-state index in [2.05, 4.69) is 41.5 Å². The lowest BCUT2D eigenvalue weighted by Gasteiger charge is -2.06. The second-order valence-electron chi connectivity index (χ2n) is 4.76. The molecule has 0 radical (unpaired) electrons. The maximum atomic E-state index is 5.46. The molecule has 3 nitrogen and oxygen atoms in total. The molecule has 2 aromatic carbocycles. The van der Waals surface area contributed by atoms with Gasteiger partial charge in [0.15, 0.2) is 11.5 Å². The highest BCUT2D eigenvalue weighted by atomic mass is 16.3. The molecule has 0 bridgehead atoms. The molecule has 1 heterocycles. The van der Waals surface area contributed by atoms with E-state index < -0.39 is 0 Å². The summed E-state index contributed by atoms with van der Waals surface area (Å²) in [6.45, 7) is 4.78. The van der Waals surface area contributed by atoms with Crippen molar-refractivity contribution in [1.82, 2.24) is 4.98 Å². The molecule has 0 saturated heterocycles. The normalized spacial score (nSPS) is 10.8. The van der Waals surface area contributed by atoms with Crippen molar-refractivity contribution in [2.45, 2.75) is 20.4 Å². The Morgan fingerprint density at radius 3 is 2.84 bits per heavy atom. The smallest absolute Gasteiger partial charge is 0.192 e. The van der Waals surface area contributed by atoms with Crippen LogP contribution in [0.4, 0.5) is 5.69 Å². The number of anilines is 1. The Hall–Kier alpha value is -2.29. The van der Waals surface area contributed by atoms with Gasteiger partial charge in [0, 0.05) is 19.2 Å². The largest absolute Gasteiger partial charge is 0.441 e. The van der Waals surface area contributed by atoms with E-state index in [4.69, 9.17) is 4.42 Å². The first-order valence-corrected chi connectivity index (χ1v) is 6.37. The van der Waals surface area contributed by atoms with Gasteiger partial charge in [-0.2, -0.15) is 0 Å². The molecule has 1 N–H and O–H groups in total. The zero-order valence-electron chi connectivity index (χ0n) is 11.1. The number of benzene rings is 2. The van der Waals surface area contributed by atoms with Crippen molar-refractivity contribution in [3.8, 4) is 0 Å². The van der Waals surface area contributed by atoms with E-state index in [0.717, 1.165) is 23.3 Å². The molecule has 1 aromatic heterocycles. The summed E-state index contributed by atoms with van der Waals surface area (Å²) in [6, 6.07) is 14.5. The topological polar surface area (TPSA) is 38.1 Å². The number of nitrogens with zero attached hydrogens (tertiary/aromatic N) is 1. The lowest BCUT2D eigenvalue weighted by Crippen LogP contribution is -1.99. The molecule has 0 saturated carbocycles. The molecular weight excluding hydrogens is 236 g/mol. The third kappa shape index (κ3) is 2.60. The fourth-order valence-electron chi connectivity index (χ4n) is 2.18. The Kier molecular flexibility index (Phi) is 2.95. The summed E-state index contributed by atoms with van der Waals surface area (Å²) in [4.78, 5) is 4.34. The first kappa shape index (κ1) is 11.8. The van der Waals surface area contributed by atoms with Crippen molar-refractivity contribution in [1.29, 1.82) is 0 Å². The number of aryl methyl sites for hydroxylation is 2. The minimum Gasteiger partial charge on any atom is -0.441 e. The SMILES string of the molecule is Cc1cccc(CNc2ccc3oc(C)nc3c2)c1. The summed E-state index contributed by atoms with van der Waals surface area (Å²) in [7, 11) is 0. The highest BCUT2D eigenvalue weighted by Gasteiger charge is 2.03. The molecule has 0 aliphatic rings. The predicted octanol–water partition coefficient (Wildman–Crippen LogP) is 4.06. The molecule has 0 aliphatic carbocycles. The Bertz CT molecular complexity index is 716. The van der Waals surface area contributed by atoms with Crippen molar-refractivity contribution in [2.75, 3.05) is 5.32 Å². The van der Waals surface area contributed by atoms with Gasteiger partial charge in [0.05, 0.1) is 0 Å². The summed E-state index contributed by atoms with van der Waals surface area (Å²) >= 11 is 0. The maximum absolute atomic E-state index is 5.46. The van der Waals surface area contributed by atoms with Crippen molar-refractivity contribution in [3.05, 3.63) is 59.5 Å². The van der Waals surface area contributed by atoms with Crippen LogP contribution in [-0.2, 0) is 6.54 Å². The van der Waals surface area contributed by atoms with Crippen LogP contribution in [0, 0.1) is 13.8 Å². The Balaban J connectivity index is 1.78.